The molecule has 0 bridgehead atoms. The monoisotopic (exact) mass is 348 g/mol. The second kappa shape index (κ2) is 6.31. The molecule has 3 aromatic rings. The first-order chi connectivity index (χ1) is 12.8. The van der Waals surface area contributed by atoms with E-state index < -0.39 is 0 Å². The molecule has 0 saturated carbocycles. The Hall–Kier alpha value is -2.56. The second-order valence-electron chi connectivity index (χ2n) is 7.33. The molecule has 1 saturated heterocycles. The summed E-state index contributed by atoms with van der Waals surface area (Å²) in [7, 11) is 1.71. The Morgan fingerprint density at radius 3 is 2.96 bits per heavy atom. The largest absolute Gasteiger partial charge is 0.494 e. The lowest BCUT2D eigenvalue weighted by molar-refractivity contribution is 0.419. The number of methoxy groups -OCH3 is 1. The Morgan fingerprint density at radius 2 is 2.04 bits per heavy atom. The van der Waals surface area contributed by atoms with E-state index in [1.54, 1.807) is 7.11 Å². The molecule has 0 amide bonds. The van der Waals surface area contributed by atoms with Crippen LogP contribution in [0.25, 0.3) is 10.9 Å². The molecule has 5 nitrogen and oxygen atoms in total. The van der Waals surface area contributed by atoms with Crippen molar-refractivity contribution in [3.63, 3.8) is 0 Å². The molecule has 1 aliphatic heterocycles. The van der Waals surface area contributed by atoms with Crippen LogP contribution in [0.15, 0.2) is 36.8 Å². The number of hydrogen-bond acceptors (Lipinski definition) is 4. The van der Waals surface area contributed by atoms with Gasteiger partial charge in [-0.15, -0.1) is 0 Å². The number of fused-ring (bicyclic) bond motifs is 2. The number of aromatic nitrogens is 3. The molecule has 2 aromatic heterocycles. The molecule has 134 valence electrons. The van der Waals surface area contributed by atoms with Crippen LogP contribution < -0.4 is 9.64 Å². The van der Waals surface area contributed by atoms with E-state index in [1.165, 1.54) is 41.7 Å². The summed E-state index contributed by atoms with van der Waals surface area (Å²) >= 11 is 0. The van der Waals surface area contributed by atoms with Gasteiger partial charge < -0.3 is 14.2 Å². The molecule has 3 heterocycles. The summed E-state index contributed by atoms with van der Waals surface area (Å²) in [5.41, 5.74) is 5.00. The number of para-hydroxylation sites is 1. The van der Waals surface area contributed by atoms with Gasteiger partial charge in [0, 0.05) is 36.1 Å². The summed E-state index contributed by atoms with van der Waals surface area (Å²) in [6.07, 6.45) is 10.0. The van der Waals surface area contributed by atoms with E-state index in [-0.39, 0.29) is 0 Å². The third kappa shape index (κ3) is 2.45. The van der Waals surface area contributed by atoms with Gasteiger partial charge in [0.2, 0.25) is 0 Å². The Labute approximate surface area is 153 Å². The molecular weight excluding hydrogens is 324 g/mol. The standard InChI is InChI=1S/C21H24N4O/c1-26-20-8-4-5-16-18(9-11-22-21(16)20)24-12-10-15(13-24)25-14-23-17-6-2-3-7-19(17)25/h4-5,8-9,11,14-15H,2-3,6-7,10,12-13H2,1H3. The number of benzene rings is 1. The van der Waals surface area contributed by atoms with E-state index in [0.29, 0.717) is 6.04 Å². The fourth-order valence-corrected chi connectivity index (χ4v) is 4.57. The van der Waals surface area contributed by atoms with Crippen molar-refractivity contribution in [1.82, 2.24) is 14.5 Å². The number of imidazole rings is 1. The minimum Gasteiger partial charge on any atom is -0.494 e. The summed E-state index contributed by atoms with van der Waals surface area (Å²) in [4.78, 5) is 11.7. The summed E-state index contributed by atoms with van der Waals surface area (Å²) in [5, 5.41) is 1.17. The van der Waals surface area contributed by atoms with E-state index in [2.05, 4.69) is 37.9 Å². The maximum absolute atomic E-state index is 5.49. The van der Waals surface area contributed by atoms with Gasteiger partial charge >= 0.3 is 0 Å². The van der Waals surface area contributed by atoms with E-state index in [1.807, 2.05) is 18.3 Å². The first kappa shape index (κ1) is 15.7. The zero-order valence-corrected chi connectivity index (χ0v) is 15.2. The zero-order chi connectivity index (χ0) is 17.5. The predicted octanol–water partition coefficient (Wildman–Crippen LogP) is 3.77. The highest BCUT2D eigenvalue weighted by Crippen LogP contribution is 2.35. The molecule has 1 fully saturated rings. The van der Waals surface area contributed by atoms with Crippen LogP contribution in [0.2, 0.25) is 0 Å². The maximum atomic E-state index is 5.49. The highest BCUT2D eigenvalue weighted by molar-refractivity contribution is 5.95. The fourth-order valence-electron chi connectivity index (χ4n) is 4.57. The van der Waals surface area contributed by atoms with Gasteiger partial charge in [-0.3, -0.25) is 4.98 Å². The topological polar surface area (TPSA) is 43.2 Å². The Bertz CT molecular complexity index is 948. The van der Waals surface area contributed by atoms with Crippen LogP contribution >= 0.6 is 0 Å². The minimum absolute atomic E-state index is 0.512. The predicted molar refractivity (Wildman–Crippen MR) is 103 cm³/mol. The Balaban J connectivity index is 1.47. The van der Waals surface area contributed by atoms with Crippen LogP contribution in [-0.4, -0.2) is 34.7 Å². The molecule has 5 rings (SSSR count). The zero-order valence-electron chi connectivity index (χ0n) is 15.2. The molecule has 5 heteroatoms. The first-order valence-corrected chi connectivity index (χ1v) is 9.56. The lowest BCUT2D eigenvalue weighted by Gasteiger charge is -2.22. The van der Waals surface area contributed by atoms with E-state index in [0.717, 1.165) is 37.2 Å². The van der Waals surface area contributed by atoms with Crippen molar-refractivity contribution < 1.29 is 4.74 Å². The Kier molecular flexibility index (Phi) is 3.80. The molecule has 26 heavy (non-hydrogen) atoms. The van der Waals surface area contributed by atoms with Crippen molar-refractivity contribution in [3.8, 4) is 5.75 Å². The van der Waals surface area contributed by atoms with Crippen LogP contribution in [0.3, 0.4) is 0 Å². The number of ether oxygens (including phenoxy) is 1. The summed E-state index contributed by atoms with van der Waals surface area (Å²) < 4.78 is 7.95. The SMILES string of the molecule is COc1cccc2c(N3CCC(n4cnc5c4CCCC5)C3)ccnc12. The van der Waals surface area contributed by atoms with Gasteiger partial charge in [-0.2, -0.15) is 0 Å². The third-order valence-electron chi connectivity index (χ3n) is 5.89. The van der Waals surface area contributed by atoms with Gasteiger partial charge in [0.25, 0.3) is 0 Å². The Morgan fingerprint density at radius 1 is 1.12 bits per heavy atom. The molecule has 0 N–H and O–H groups in total. The first-order valence-electron chi connectivity index (χ1n) is 9.56. The van der Waals surface area contributed by atoms with Crippen molar-refractivity contribution in [2.75, 3.05) is 25.1 Å². The fraction of sp³-hybridized carbons (Fsp3) is 0.429. The van der Waals surface area contributed by atoms with E-state index in [4.69, 9.17) is 4.74 Å². The average molecular weight is 348 g/mol. The van der Waals surface area contributed by atoms with Crippen molar-refractivity contribution in [2.45, 2.75) is 38.1 Å². The third-order valence-corrected chi connectivity index (χ3v) is 5.89. The number of pyridine rings is 1. The number of aryl methyl sites for hydroxylation is 1. The lowest BCUT2D eigenvalue weighted by atomic mass is 10.0. The van der Waals surface area contributed by atoms with Gasteiger partial charge in [-0.1, -0.05) is 12.1 Å². The number of anilines is 1. The van der Waals surface area contributed by atoms with Crippen molar-refractivity contribution in [1.29, 1.82) is 0 Å². The van der Waals surface area contributed by atoms with Crippen molar-refractivity contribution in [3.05, 3.63) is 48.2 Å². The maximum Gasteiger partial charge on any atom is 0.145 e. The minimum atomic E-state index is 0.512. The number of hydrogen-bond donors (Lipinski definition) is 0. The van der Waals surface area contributed by atoms with Crippen molar-refractivity contribution in [2.24, 2.45) is 0 Å². The molecule has 1 aliphatic carbocycles. The quantitative estimate of drug-likeness (QED) is 0.723. The molecule has 1 aromatic carbocycles. The molecular formula is C21H24N4O. The summed E-state index contributed by atoms with van der Waals surface area (Å²) in [6, 6.07) is 8.81. The van der Waals surface area contributed by atoms with Gasteiger partial charge in [0.05, 0.1) is 25.2 Å². The molecule has 2 aliphatic rings. The van der Waals surface area contributed by atoms with Crippen LogP contribution in [-0.2, 0) is 12.8 Å². The number of rotatable bonds is 3. The van der Waals surface area contributed by atoms with Gasteiger partial charge in [0.1, 0.15) is 11.3 Å². The highest BCUT2D eigenvalue weighted by atomic mass is 16.5. The van der Waals surface area contributed by atoms with Crippen LogP contribution in [0, 0.1) is 0 Å². The molecule has 0 spiro atoms. The van der Waals surface area contributed by atoms with Crippen molar-refractivity contribution >= 4 is 16.6 Å². The molecule has 0 radical (unpaired) electrons. The van der Waals surface area contributed by atoms with Crippen LogP contribution in [0.4, 0.5) is 5.69 Å². The van der Waals surface area contributed by atoms with Gasteiger partial charge in [-0.05, 0) is 44.2 Å². The van der Waals surface area contributed by atoms with E-state index >= 15 is 0 Å². The normalized spacial score (nSPS) is 19.7. The van der Waals surface area contributed by atoms with Gasteiger partial charge in [0.15, 0.2) is 0 Å². The molecule has 1 unspecified atom stereocenters. The second-order valence-corrected chi connectivity index (χ2v) is 7.33. The number of nitrogens with zero attached hydrogens (tertiary/aromatic N) is 4. The van der Waals surface area contributed by atoms with Gasteiger partial charge in [-0.25, -0.2) is 4.98 Å². The summed E-state index contributed by atoms with van der Waals surface area (Å²) in [5.74, 6) is 0.837. The smallest absolute Gasteiger partial charge is 0.145 e. The summed E-state index contributed by atoms with van der Waals surface area (Å²) in [6.45, 7) is 2.09. The van der Waals surface area contributed by atoms with E-state index in [9.17, 15) is 0 Å². The van der Waals surface area contributed by atoms with Crippen LogP contribution in [0.5, 0.6) is 5.75 Å². The highest BCUT2D eigenvalue weighted by Gasteiger charge is 2.28. The van der Waals surface area contributed by atoms with Crippen LogP contribution in [0.1, 0.15) is 36.7 Å². The lowest BCUT2D eigenvalue weighted by Crippen LogP contribution is -2.22. The average Bonchev–Trinajstić information content (AvgIpc) is 3.34. The molecule has 1 atom stereocenters.